The lowest BCUT2D eigenvalue weighted by Crippen LogP contribution is -2.48. The number of Topliss-reactive ketones (excluding diaryl/α,β-unsaturated/α-hetero) is 3. The Hall–Kier alpha value is -5.04. The fraction of sp³-hybridized carbons (Fsp3) is 0.171. The van der Waals surface area contributed by atoms with Crippen LogP contribution in [-0.4, -0.2) is 43.7 Å². The van der Waals surface area contributed by atoms with E-state index in [0.29, 0.717) is 28.2 Å². The predicted molar refractivity (Wildman–Crippen MR) is 156 cm³/mol. The molecule has 0 saturated carbocycles. The van der Waals surface area contributed by atoms with Crippen LogP contribution >= 0.6 is 0 Å². The van der Waals surface area contributed by atoms with Gasteiger partial charge in [0, 0.05) is 39.9 Å². The van der Waals surface area contributed by atoms with Crippen LogP contribution in [0, 0.1) is 11.2 Å². The summed E-state index contributed by atoms with van der Waals surface area (Å²) >= 11 is 0. The topological polar surface area (TPSA) is 72.9 Å². The second-order valence-corrected chi connectivity index (χ2v) is 10.7. The Kier molecular flexibility index (Phi) is 5.87. The molecule has 1 aliphatic carbocycles. The van der Waals surface area contributed by atoms with Crippen molar-refractivity contribution in [2.75, 3.05) is 19.1 Å². The largest absolute Gasteiger partial charge is 0.497 e. The van der Waals surface area contributed by atoms with Crippen molar-refractivity contribution in [3.8, 4) is 11.5 Å². The third-order valence-electron chi connectivity index (χ3n) is 8.89. The molecule has 1 saturated heterocycles. The van der Waals surface area contributed by atoms with E-state index in [1.54, 1.807) is 42.5 Å². The number of methoxy groups -OCH3 is 2. The molecule has 4 aromatic rings. The maximum Gasteiger partial charge on any atom is 0.185 e. The number of ketones is 3. The van der Waals surface area contributed by atoms with Crippen molar-refractivity contribution in [2.24, 2.45) is 5.41 Å². The summed E-state index contributed by atoms with van der Waals surface area (Å²) in [5, 5.41) is 0. The van der Waals surface area contributed by atoms with Gasteiger partial charge in [0.25, 0.3) is 0 Å². The van der Waals surface area contributed by atoms with E-state index >= 15 is 0 Å². The molecule has 0 radical (unpaired) electrons. The molecule has 2 heterocycles. The average molecular weight is 560 g/mol. The van der Waals surface area contributed by atoms with E-state index in [1.807, 2.05) is 41.3 Å². The smallest absolute Gasteiger partial charge is 0.185 e. The first-order valence-electron chi connectivity index (χ1n) is 13.7. The van der Waals surface area contributed by atoms with Crippen LogP contribution in [0.3, 0.4) is 0 Å². The number of rotatable bonds is 5. The molecule has 0 bridgehead atoms. The van der Waals surface area contributed by atoms with Crippen LogP contribution in [-0.2, 0) is 0 Å². The summed E-state index contributed by atoms with van der Waals surface area (Å²) < 4.78 is 25.2. The van der Waals surface area contributed by atoms with E-state index in [0.717, 1.165) is 11.3 Å². The molecule has 1 unspecified atom stereocenters. The zero-order valence-corrected chi connectivity index (χ0v) is 22.9. The monoisotopic (exact) mass is 559 g/mol. The van der Waals surface area contributed by atoms with Crippen LogP contribution in [0.1, 0.15) is 48.1 Å². The molecular weight excluding hydrogens is 533 g/mol. The van der Waals surface area contributed by atoms with Gasteiger partial charge < -0.3 is 14.4 Å². The van der Waals surface area contributed by atoms with Gasteiger partial charge in [-0.15, -0.1) is 0 Å². The van der Waals surface area contributed by atoms with Crippen LogP contribution in [0.5, 0.6) is 11.5 Å². The van der Waals surface area contributed by atoms with Gasteiger partial charge in [0.1, 0.15) is 28.8 Å². The number of fused-ring (bicyclic) bond motifs is 5. The standard InChI is InChI=1S/C35H26FNO5/c1-41-23-16-17-26(28(19-23)42-2)30-31(32(38)21-11-14-22(36)15-12-21)37-27-10-6-3-7-20(27)13-18-29(37)35(30)33(39)24-8-4-5-9-25(24)34(35)40/h3-19,29-31H,1-2H3/t29?,30-,31+/m0/s1. The molecule has 1 spiro atoms. The van der Waals surface area contributed by atoms with Crippen molar-refractivity contribution in [2.45, 2.75) is 18.0 Å². The second-order valence-electron chi connectivity index (χ2n) is 10.7. The fourth-order valence-electron chi connectivity index (χ4n) is 7.12. The van der Waals surface area contributed by atoms with Crippen LogP contribution in [0.15, 0.2) is 97.1 Å². The lowest BCUT2D eigenvalue weighted by molar-refractivity contribution is 0.0665. The Labute approximate surface area is 242 Å². The second kappa shape index (κ2) is 9.52. The number of anilines is 1. The Bertz CT molecular complexity index is 1780. The highest BCUT2D eigenvalue weighted by molar-refractivity contribution is 6.32. The van der Waals surface area contributed by atoms with Crippen LogP contribution in [0.4, 0.5) is 10.1 Å². The Morgan fingerprint density at radius 2 is 1.50 bits per heavy atom. The van der Waals surface area contributed by atoms with Crippen molar-refractivity contribution in [1.29, 1.82) is 0 Å². The van der Waals surface area contributed by atoms with E-state index in [4.69, 9.17) is 9.47 Å². The molecule has 42 heavy (non-hydrogen) atoms. The number of benzene rings is 4. The first-order chi connectivity index (χ1) is 20.4. The quantitative estimate of drug-likeness (QED) is 0.216. The number of hydrogen-bond donors (Lipinski definition) is 0. The zero-order valence-electron chi connectivity index (χ0n) is 22.9. The number of carbonyl (C=O) groups excluding carboxylic acids is 3. The maximum absolute atomic E-state index is 14.7. The molecule has 0 N–H and O–H groups in total. The summed E-state index contributed by atoms with van der Waals surface area (Å²) in [5.74, 6) is -1.50. The minimum Gasteiger partial charge on any atom is -0.497 e. The first kappa shape index (κ1) is 25.9. The van der Waals surface area contributed by atoms with Gasteiger partial charge in [-0.25, -0.2) is 4.39 Å². The van der Waals surface area contributed by atoms with Crippen molar-refractivity contribution in [3.05, 3.63) is 131 Å². The van der Waals surface area contributed by atoms with Crippen LogP contribution in [0.2, 0.25) is 0 Å². The summed E-state index contributed by atoms with van der Waals surface area (Å²) in [6, 6.07) is 23.2. The normalized spacial score (nSPS) is 21.2. The van der Waals surface area contributed by atoms with Gasteiger partial charge in [-0.3, -0.25) is 14.4 Å². The predicted octanol–water partition coefficient (Wildman–Crippen LogP) is 6.16. The molecule has 7 heteroatoms. The van der Waals surface area contributed by atoms with Crippen molar-refractivity contribution >= 4 is 29.1 Å². The number of hydrogen-bond acceptors (Lipinski definition) is 6. The van der Waals surface area contributed by atoms with E-state index in [2.05, 4.69) is 0 Å². The van der Waals surface area contributed by atoms with Gasteiger partial charge in [-0.1, -0.05) is 60.7 Å². The molecule has 1 fully saturated rings. The molecule has 4 aromatic carbocycles. The van der Waals surface area contributed by atoms with E-state index in [9.17, 15) is 18.8 Å². The van der Waals surface area contributed by atoms with Crippen molar-refractivity contribution < 1.29 is 28.2 Å². The Balaban J connectivity index is 1.57. The minimum atomic E-state index is -1.67. The lowest BCUT2D eigenvalue weighted by atomic mass is 9.64. The summed E-state index contributed by atoms with van der Waals surface area (Å²) in [5.41, 5.74) is 1.40. The minimum absolute atomic E-state index is 0.275. The maximum atomic E-state index is 14.7. The average Bonchev–Trinajstić information content (AvgIpc) is 3.46. The lowest BCUT2D eigenvalue weighted by Gasteiger charge is -2.37. The molecular formula is C35H26FNO5. The highest BCUT2D eigenvalue weighted by Crippen LogP contribution is 2.62. The molecule has 208 valence electrons. The van der Waals surface area contributed by atoms with E-state index in [1.165, 1.54) is 38.5 Å². The molecule has 3 atom stereocenters. The Morgan fingerprint density at radius 3 is 2.17 bits per heavy atom. The number of ether oxygens (including phenoxy) is 2. The molecule has 3 aliphatic rings. The summed E-state index contributed by atoms with van der Waals surface area (Å²) in [7, 11) is 3.04. The van der Waals surface area contributed by atoms with Crippen molar-refractivity contribution in [3.63, 3.8) is 0 Å². The molecule has 6 nitrogen and oxygen atoms in total. The summed E-state index contributed by atoms with van der Waals surface area (Å²) in [6.07, 6.45) is 3.78. The van der Waals surface area contributed by atoms with Gasteiger partial charge in [-0.05, 0) is 42.0 Å². The van der Waals surface area contributed by atoms with Gasteiger partial charge in [0.05, 0.1) is 20.3 Å². The summed E-state index contributed by atoms with van der Waals surface area (Å²) in [4.78, 5) is 46.1. The van der Waals surface area contributed by atoms with Gasteiger partial charge in [0.2, 0.25) is 0 Å². The highest BCUT2D eigenvalue weighted by atomic mass is 19.1. The third-order valence-corrected chi connectivity index (χ3v) is 8.89. The van der Waals surface area contributed by atoms with Gasteiger partial charge in [0.15, 0.2) is 17.3 Å². The van der Waals surface area contributed by atoms with E-state index in [-0.39, 0.29) is 22.9 Å². The zero-order chi connectivity index (χ0) is 29.2. The van der Waals surface area contributed by atoms with Crippen LogP contribution < -0.4 is 14.4 Å². The number of carbonyl (C=O) groups is 3. The third kappa shape index (κ3) is 3.40. The number of nitrogens with zero attached hydrogens (tertiary/aromatic N) is 1. The summed E-state index contributed by atoms with van der Waals surface area (Å²) in [6.45, 7) is 0. The van der Waals surface area contributed by atoms with Gasteiger partial charge >= 0.3 is 0 Å². The fourth-order valence-corrected chi connectivity index (χ4v) is 7.12. The molecule has 7 rings (SSSR count). The van der Waals surface area contributed by atoms with E-state index < -0.39 is 29.2 Å². The highest BCUT2D eigenvalue weighted by Gasteiger charge is 2.72. The number of para-hydroxylation sites is 1. The Morgan fingerprint density at radius 1 is 0.833 bits per heavy atom. The van der Waals surface area contributed by atoms with Gasteiger partial charge in [-0.2, -0.15) is 0 Å². The van der Waals surface area contributed by atoms with Crippen LogP contribution in [0.25, 0.3) is 6.08 Å². The SMILES string of the molecule is COc1ccc([C@H]2[C@H](C(=O)c3ccc(F)cc3)N3c4ccccc4C=CC3C23C(=O)c2ccccc2C3=O)c(OC)c1. The molecule has 0 aromatic heterocycles. The molecule has 0 amide bonds. The number of halogens is 1. The first-order valence-corrected chi connectivity index (χ1v) is 13.7. The van der Waals surface area contributed by atoms with Crippen molar-refractivity contribution in [1.82, 2.24) is 0 Å². The molecule has 2 aliphatic heterocycles.